The van der Waals surface area contributed by atoms with E-state index in [2.05, 4.69) is 18.7 Å². The molecule has 0 radical (unpaired) electrons. The van der Waals surface area contributed by atoms with E-state index in [9.17, 15) is 14.0 Å². The molecule has 2 aliphatic rings. The second kappa shape index (κ2) is 10.3. The number of benzene rings is 1. The van der Waals surface area contributed by atoms with Crippen molar-refractivity contribution >= 4 is 40.7 Å². The van der Waals surface area contributed by atoms with Gasteiger partial charge in [-0.3, -0.25) is 4.79 Å². The van der Waals surface area contributed by atoms with Crippen LogP contribution in [0.15, 0.2) is 36.4 Å². The molecule has 0 atom stereocenters. The highest BCUT2D eigenvalue weighted by atomic mass is 35.5. The molecular weight excluding hydrogens is 545 g/mol. The molecule has 2 aliphatic heterocycles. The molecule has 1 amide bonds. The summed E-state index contributed by atoms with van der Waals surface area (Å²) in [7, 11) is 1.36. The minimum absolute atomic E-state index is 0.0773. The summed E-state index contributed by atoms with van der Waals surface area (Å²) >= 11 is 5.91. The molecule has 0 N–H and O–H groups in total. The van der Waals surface area contributed by atoms with E-state index in [1.807, 2.05) is 42.7 Å². The van der Waals surface area contributed by atoms with E-state index in [1.54, 1.807) is 25.1 Å². The molecule has 4 heterocycles. The van der Waals surface area contributed by atoms with E-state index < -0.39 is 17.3 Å². The maximum absolute atomic E-state index is 14.2. The van der Waals surface area contributed by atoms with Gasteiger partial charge in [-0.2, -0.15) is 0 Å². The van der Waals surface area contributed by atoms with Crippen molar-refractivity contribution in [3.8, 4) is 0 Å². The highest BCUT2D eigenvalue weighted by molar-refractivity contribution is 6.30. The Morgan fingerprint density at radius 2 is 1.73 bits per heavy atom. The molecule has 2 aromatic heterocycles. The SMILES string of the molecule is COC(=O)c1c(C)cc(N2CCN(C(=O)c3ccc4c(n3)C(C)(C)CN4c3ccc(Cl)c(F)c3)C(C)(C)C2)nc1C. The van der Waals surface area contributed by atoms with Crippen molar-refractivity contribution in [3.63, 3.8) is 0 Å². The molecule has 41 heavy (non-hydrogen) atoms. The Labute approximate surface area is 245 Å². The van der Waals surface area contributed by atoms with Gasteiger partial charge in [0.15, 0.2) is 0 Å². The zero-order valence-corrected chi connectivity index (χ0v) is 25.3. The van der Waals surface area contributed by atoms with Crippen molar-refractivity contribution in [1.82, 2.24) is 14.9 Å². The largest absolute Gasteiger partial charge is 0.465 e. The number of halogens is 2. The fourth-order valence-electron chi connectivity index (χ4n) is 5.97. The summed E-state index contributed by atoms with van der Waals surface area (Å²) in [5, 5.41) is 0.0773. The van der Waals surface area contributed by atoms with Gasteiger partial charge < -0.3 is 19.4 Å². The van der Waals surface area contributed by atoms with Crippen LogP contribution in [0.1, 0.15) is 65.5 Å². The molecule has 0 aliphatic carbocycles. The number of esters is 1. The van der Waals surface area contributed by atoms with Crippen LogP contribution in [0.5, 0.6) is 0 Å². The van der Waals surface area contributed by atoms with Crippen LogP contribution in [0.3, 0.4) is 0 Å². The third-order valence-corrected chi connectivity index (χ3v) is 8.34. The van der Waals surface area contributed by atoms with Gasteiger partial charge in [0, 0.05) is 37.3 Å². The van der Waals surface area contributed by atoms with Crippen LogP contribution in [0.2, 0.25) is 5.02 Å². The number of ether oxygens (including phenoxy) is 1. The van der Waals surface area contributed by atoms with Crippen molar-refractivity contribution < 1.29 is 18.7 Å². The number of carbonyl (C=O) groups excluding carboxylic acids is 2. The highest BCUT2D eigenvalue weighted by Crippen LogP contribution is 2.44. The summed E-state index contributed by atoms with van der Waals surface area (Å²) in [6.07, 6.45) is 0. The number of piperazine rings is 1. The number of amides is 1. The Kier molecular flexibility index (Phi) is 7.22. The molecule has 216 valence electrons. The van der Waals surface area contributed by atoms with Gasteiger partial charge in [0.25, 0.3) is 5.91 Å². The number of methoxy groups -OCH3 is 1. The van der Waals surface area contributed by atoms with E-state index >= 15 is 0 Å². The summed E-state index contributed by atoms with van der Waals surface area (Å²) in [4.78, 5) is 41.6. The second-order valence-corrected chi connectivity index (χ2v) is 12.5. The number of fused-ring (bicyclic) bond motifs is 1. The molecule has 1 fully saturated rings. The first-order valence-electron chi connectivity index (χ1n) is 13.6. The number of pyridine rings is 2. The summed E-state index contributed by atoms with van der Waals surface area (Å²) in [5.74, 6) is -0.241. The van der Waals surface area contributed by atoms with Crippen molar-refractivity contribution in [1.29, 1.82) is 0 Å². The Bertz CT molecular complexity index is 1530. The van der Waals surface area contributed by atoms with Crippen molar-refractivity contribution in [2.24, 2.45) is 0 Å². The topological polar surface area (TPSA) is 78.9 Å². The first-order chi connectivity index (χ1) is 19.2. The third-order valence-electron chi connectivity index (χ3n) is 8.04. The average Bonchev–Trinajstić information content (AvgIpc) is 3.18. The van der Waals surface area contributed by atoms with Gasteiger partial charge in [-0.05, 0) is 69.7 Å². The van der Waals surface area contributed by atoms with Crippen molar-refractivity contribution in [2.45, 2.75) is 52.5 Å². The number of carbonyl (C=O) groups is 2. The maximum atomic E-state index is 14.2. The highest BCUT2D eigenvalue weighted by Gasteiger charge is 2.41. The van der Waals surface area contributed by atoms with Crippen LogP contribution < -0.4 is 9.80 Å². The summed E-state index contributed by atoms with van der Waals surface area (Å²) in [6, 6.07) is 10.3. The summed E-state index contributed by atoms with van der Waals surface area (Å²) in [6.45, 7) is 14.1. The Morgan fingerprint density at radius 1 is 1.00 bits per heavy atom. The second-order valence-electron chi connectivity index (χ2n) is 12.1. The van der Waals surface area contributed by atoms with Crippen LogP contribution in [-0.4, -0.2) is 65.6 Å². The zero-order chi connectivity index (χ0) is 29.9. The normalized spacial score (nSPS) is 17.4. The number of anilines is 3. The van der Waals surface area contributed by atoms with Crippen molar-refractivity contribution in [2.75, 3.05) is 43.1 Å². The number of rotatable bonds is 4. The minimum atomic E-state index is -0.511. The summed E-state index contributed by atoms with van der Waals surface area (Å²) < 4.78 is 19.2. The summed E-state index contributed by atoms with van der Waals surface area (Å²) in [5.41, 5.74) is 3.76. The molecule has 8 nitrogen and oxygen atoms in total. The van der Waals surface area contributed by atoms with Gasteiger partial charge in [-0.25, -0.2) is 19.2 Å². The van der Waals surface area contributed by atoms with Gasteiger partial charge in [0.1, 0.15) is 17.3 Å². The minimum Gasteiger partial charge on any atom is -0.465 e. The Morgan fingerprint density at radius 3 is 2.37 bits per heavy atom. The first-order valence-corrected chi connectivity index (χ1v) is 14.0. The smallest absolute Gasteiger partial charge is 0.339 e. The Hall–Kier alpha value is -3.72. The molecule has 1 aromatic carbocycles. The number of hydrogen-bond acceptors (Lipinski definition) is 7. The Balaban J connectivity index is 1.39. The van der Waals surface area contributed by atoms with Crippen LogP contribution >= 0.6 is 11.6 Å². The standard InChI is InChI=1S/C31H35ClFN5O3/c1-18-14-25(34-19(2)26(18)29(40)41-7)36-12-13-38(31(5,6)17-36)28(39)23-10-11-24-27(35-23)30(3,4)16-37(24)20-8-9-21(32)22(33)15-20/h8-11,14-15H,12-13,16-17H2,1-7H3. The zero-order valence-electron chi connectivity index (χ0n) is 24.5. The van der Waals surface area contributed by atoms with Gasteiger partial charge in [-0.15, -0.1) is 0 Å². The molecule has 0 unspecified atom stereocenters. The van der Waals surface area contributed by atoms with E-state index in [4.69, 9.17) is 26.3 Å². The lowest BCUT2D eigenvalue weighted by Gasteiger charge is -2.47. The van der Waals surface area contributed by atoms with Gasteiger partial charge in [0.05, 0.1) is 40.3 Å². The fourth-order valence-corrected chi connectivity index (χ4v) is 6.09. The number of aryl methyl sites for hydroxylation is 2. The lowest BCUT2D eigenvalue weighted by atomic mass is 9.91. The molecule has 1 saturated heterocycles. The maximum Gasteiger partial charge on any atom is 0.339 e. The molecule has 0 bridgehead atoms. The van der Waals surface area contributed by atoms with Crippen LogP contribution in [-0.2, 0) is 10.2 Å². The molecule has 0 spiro atoms. The van der Waals surface area contributed by atoms with E-state index in [1.165, 1.54) is 13.2 Å². The van der Waals surface area contributed by atoms with Crippen molar-refractivity contribution in [3.05, 3.63) is 75.4 Å². The van der Waals surface area contributed by atoms with Crippen LogP contribution in [0.25, 0.3) is 0 Å². The quantitative estimate of drug-likeness (QED) is 0.359. The van der Waals surface area contributed by atoms with E-state index in [-0.39, 0.29) is 16.3 Å². The third kappa shape index (κ3) is 5.12. The van der Waals surface area contributed by atoms with E-state index in [0.717, 1.165) is 22.8 Å². The lowest BCUT2D eigenvalue weighted by Crippen LogP contribution is -2.61. The van der Waals surface area contributed by atoms with Gasteiger partial charge in [0.2, 0.25) is 0 Å². The van der Waals surface area contributed by atoms with Crippen LogP contribution in [0, 0.1) is 19.7 Å². The monoisotopic (exact) mass is 579 g/mol. The predicted molar refractivity (Wildman–Crippen MR) is 158 cm³/mol. The lowest BCUT2D eigenvalue weighted by molar-refractivity contribution is 0.0505. The fraction of sp³-hybridized carbons (Fsp3) is 0.419. The molecule has 5 rings (SSSR count). The van der Waals surface area contributed by atoms with Gasteiger partial charge >= 0.3 is 5.97 Å². The molecule has 0 saturated carbocycles. The number of hydrogen-bond donors (Lipinski definition) is 0. The molecular formula is C31H35ClFN5O3. The number of nitrogens with zero attached hydrogens (tertiary/aromatic N) is 5. The molecule has 10 heteroatoms. The predicted octanol–water partition coefficient (Wildman–Crippen LogP) is 5.84. The number of aromatic nitrogens is 2. The average molecular weight is 580 g/mol. The molecule has 3 aromatic rings. The van der Waals surface area contributed by atoms with E-state index in [0.29, 0.717) is 48.8 Å². The van der Waals surface area contributed by atoms with Gasteiger partial charge in [-0.1, -0.05) is 25.4 Å². The van der Waals surface area contributed by atoms with Crippen LogP contribution in [0.4, 0.5) is 21.6 Å². The first kappa shape index (κ1) is 28.8.